The number of aliphatic hydroxyl groups is 3. The van der Waals surface area contributed by atoms with E-state index in [1.807, 2.05) is 0 Å². The van der Waals surface area contributed by atoms with E-state index in [1.165, 1.54) is 36.0 Å². The molecule has 3 saturated carbocycles. The average molecular weight is 417 g/mol. The summed E-state index contributed by atoms with van der Waals surface area (Å²) in [6.07, 6.45) is 15.4. The van der Waals surface area contributed by atoms with Crippen LogP contribution in [0.3, 0.4) is 0 Å². The molecular weight excluding hydrogens is 372 g/mol. The van der Waals surface area contributed by atoms with Crippen molar-refractivity contribution in [2.45, 2.75) is 103 Å². The predicted molar refractivity (Wildman–Crippen MR) is 124 cm³/mol. The number of aliphatic hydroxyl groups excluding tert-OH is 2. The van der Waals surface area contributed by atoms with E-state index in [2.05, 4.69) is 39.5 Å². The van der Waals surface area contributed by atoms with Crippen molar-refractivity contribution in [1.82, 2.24) is 0 Å². The standard InChI is InChI=1S/C27H44O3/c1-19(18-28)7-5-16-27(4,30)25-14-13-24-21(8-6-15-26(24,25)3)10-11-22-17-23(29)12-9-20(22)2/h10-11,19,23-25,28-30H,2,5-9,12-18H2,1,3-4H3/b21-10+,22-11-/t19?,23-,24-,25-,26-,27-/m0/s1. The van der Waals surface area contributed by atoms with Gasteiger partial charge in [0.05, 0.1) is 11.7 Å². The Morgan fingerprint density at radius 2 is 2.00 bits per heavy atom. The Bertz CT molecular complexity index is 674. The fraction of sp³-hybridized carbons (Fsp3) is 0.778. The highest BCUT2D eigenvalue weighted by Gasteiger charge is 2.54. The van der Waals surface area contributed by atoms with Gasteiger partial charge in [0, 0.05) is 6.61 Å². The first-order valence-corrected chi connectivity index (χ1v) is 12.3. The summed E-state index contributed by atoms with van der Waals surface area (Å²) in [6.45, 7) is 11.0. The van der Waals surface area contributed by atoms with Crippen LogP contribution in [0.2, 0.25) is 0 Å². The predicted octanol–water partition coefficient (Wildman–Crippen LogP) is 5.71. The summed E-state index contributed by atoms with van der Waals surface area (Å²) in [6, 6.07) is 0. The molecule has 0 amide bonds. The van der Waals surface area contributed by atoms with E-state index >= 15 is 0 Å². The Kier molecular flexibility index (Phi) is 7.69. The Morgan fingerprint density at radius 3 is 2.73 bits per heavy atom. The van der Waals surface area contributed by atoms with Crippen LogP contribution in [0.1, 0.15) is 91.4 Å². The molecule has 3 aliphatic rings. The molecule has 3 nitrogen and oxygen atoms in total. The molecule has 170 valence electrons. The van der Waals surface area contributed by atoms with Crippen molar-refractivity contribution in [2.24, 2.45) is 23.2 Å². The normalized spacial score (nSPS) is 37.9. The van der Waals surface area contributed by atoms with E-state index in [-0.39, 0.29) is 18.1 Å². The molecule has 0 aliphatic heterocycles. The van der Waals surface area contributed by atoms with Crippen LogP contribution in [0.5, 0.6) is 0 Å². The zero-order chi connectivity index (χ0) is 21.9. The second-order valence-corrected chi connectivity index (χ2v) is 11.0. The van der Waals surface area contributed by atoms with Gasteiger partial charge in [-0.3, -0.25) is 0 Å². The van der Waals surface area contributed by atoms with E-state index in [9.17, 15) is 15.3 Å². The zero-order valence-corrected chi connectivity index (χ0v) is 19.5. The van der Waals surface area contributed by atoms with Crippen LogP contribution in [-0.4, -0.2) is 33.6 Å². The quantitative estimate of drug-likeness (QED) is 0.498. The molecule has 3 aliphatic carbocycles. The lowest BCUT2D eigenvalue weighted by Crippen LogP contribution is -2.45. The third-order valence-electron chi connectivity index (χ3n) is 8.59. The first-order valence-electron chi connectivity index (χ1n) is 12.3. The van der Waals surface area contributed by atoms with Gasteiger partial charge in [0.1, 0.15) is 0 Å². The van der Waals surface area contributed by atoms with Gasteiger partial charge in [-0.05, 0) is 99.9 Å². The summed E-state index contributed by atoms with van der Waals surface area (Å²) in [4.78, 5) is 0. The Labute approximate surface area is 184 Å². The third-order valence-corrected chi connectivity index (χ3v) is 8.59. The van der Waals surface area contributed by atoms with E-state index in [0.29, 0.717) is 17.8 Å². The summed E-state index contributed by atoms with van der Waals surface area (Å²) >= 11 is 0. The Hall–Kier alpha value is -0.900. The molecule has 0 aromatic carbocycles. The van der Waals surface area contributed by atoms with Crippen molar-refractivity contribution in [3.8, 4) is 0 Å². The molecule has 0 heterocycles. The number of fused-ring (bicyclic) bond motifs is 1. The molecule has 3 heteroatoms. The number of hydrogen-bond acceptors (Lipinski definition) is 3. The van der Waals surface area contributed by atoms with E-state index in [0.717, 1.165) is 51.4 Å². The average Bonchev–Trinajstić information content (AvgIpc) is 3.06. The molecule has 0 spiro atoms. The molecular formula is C27H44O3. The van der Waals surface area contributed by atoms with Gasteiger partial charge in [-0.15, -0.1) is 0 Å². The van der Waals surface area contributed by atoms with Crippen LogP contribution >= 0.6 is 0 Å². The number of rotatable bonds is 7. The summed E-state index contributed by atoms with van der Waals surface area (Å²) in [5, 5.41) is 30.8. The van der Waals surface area contributed by atoms with Gasteiger partial charge in [0.25, 0.3) is 0 Å². The fourth-order valence-electron chi connectivity index (χ4n) is 6.73. The maximum atomic E-state index is 11.5. The first-order chi connectivity index (χ1) is 14.2. The van der Waals surface area contributed by atoms with Gasteiger partial charge in [-0.25, -0.2) is 0 Å². The van der Waals surface area contributed by atoms with Gasteiger partial charge in [0.2, 0.25) is 0 Å². The first kappa shape index (κ1) is 23.8. The zero-order valence-electron chi connectivity index (χ0n) is 19.5. The largest absolute Gasteiger partial charge is 0.396 e. The van der Waals surface area contributed by atoms with Crippen LogP contribution < -0.4 is 0 Å². The van der Waals surface area contributed by atoms with Gasteiger partial charge in [-0.1, -0.05) is 50.1 Å². The maximum Gasteiger partial charge on any atom is 0.0653 e. The molecule has 0 saturated heterocycles. The van der Waals surface area contributed by atoms with Crippen molar-refractivity contribution in [3.05, 3.63) is 35.5 Å². The van der Waals surface area contributed by atoms with E-state index < -0.39 is 5.60 Å². The fourth-order valence-corrected chi connectivity index (χ4v) is 6.73. The molecule has 0 bridgehead atoms. The maximum absolute atomic E-state index is 11.5. The van der Waals surface area contributed by atoms with Crippen molar-refractivity contribution < 1.29 is 15.3 Å². The van der Waals surface area contributed by atoms with Gasteiger partial charge >= 0.3 is 0 Å². The van der Waals surface area contributed by atoms with Crippen LogP contribution in [0.4, 0.5) is 0 Å². The molecule has 1 unspecified atom stereocenters. The van der Waals surface area contributed by atoms with E-state index in [4.69, 9.17) is 0 Å². The molecule has 3 rings (SSSR count). The van der Waals surface area contributed by atoms with Gasteiger partial charge in [-0.2, -0.15) is 0 Å². The number of hydrogen-bond donors (Lipinski definition) is 3. The minimum absolute atomic E-state index is 0.164. The summed E-state index contributed by atoms with van der Waals surface area (Å²) < 4.78 is 0. The van der Waals surface area contributed by atoms with Crippen molar-refractivity contribution >= 4 is 0 Å². The minimum atomic E-state index is -0.638. The van der Waals surface area contributed by atoms with E-state index in [1.54, 1.807) is 0 Å². The third kappa shape index (κ3) is 5.11. The van der Waals surface area contributed by atoms with Crippen LogP contribution in [0.25, 0.3) is 0 Å². The highest BCUT2D eigenvalue weighted by Crippen LogP contribution is 2.60. The monoisotopic (exact) mass is 416 g/mol. The van der Waals surface area contributed by atoms with Gasteiger partial charge < -0.3 is 15.3 Å². The molecule has 3 N–H and O–H groups in total. The molecule has 0 aromatic rings. The molecule has 0 radical (unpaired) electrons. The SMILES string of the molecule is C=C1CC[C@H](O)C/C1=C/C=C1\CCC[C@@]2(C)[C@H]1CC[C@@H]2[C@@](C)(O)CCCC(C)CO. The summed E-state index contributed by atoms with van der Waals surface area (Å²) in [7, 11) is 0. The highest BCUT2D eigenvalue weighted by atomic mass is 16.3. The lowest BCUT2D eigenvalue weighted by atomic mass is 9.59. The second-order valence-electron chi connectivity index (χ2n) is 11.0. The highest BCUT2D eigenvalue weighted by molar-refractivity contribution is 5.36. The molecule has 30 heavy (non-hydrogen) atoms. The minimum Gasteiger partial charge on any atom is -0.396 e. The summed E-state index contributed by atoms with van der Waals surface area (Å²) in [5.41, 5.74) is 3.46. The van der Waals surface area contributed by atoms with Crippen LogP contribution in [0, 0.1) is 23.2 Å². The van der Waals surface area contributed by atoms with Crippen LogP contribution in [-0.2, 0) is 0 Å². The topological polar surface area (TPSA) is 60.7 Å². The van der Waals surface area contributed by atoms with Crippen molar-refractivity contribution in [1.29, 1.82) is 0 Å². The van der Waals surface area contributed by atoms with Crippen LogP contribution in [0.15, 0.2) is 35.5 Å². The summed E-state index contributed by atoms with van der Waals surface area (Å²) in [5.74, 6) is 1.21. The van der Waals surface area contributed by atoms with Gasteiger partial charge in [0.15, 0.2) is 0 Å². The lowest BCUT2D eigenvalue weighted by Gasteiger charge is -2.47. The Morgan fingerprint density at radius 1 is 1.23 bits per heavy atom. The number of allylic oxidation sites excluding steroid dienone is 4. The van der Waals surface area contributed by atoms with Crippen molar-refractivity contribution in [3.63, 3.8) is 0 Å². The van der Waals surface area contributed by atoms with Crippen molar-refractivity contribution in [2.75, 3.05) is 6.61 Å². The Balaban J connectivity index is 1.72. The molecule has 3 fully saturated rings. The molecule has 0 aromatic heterocycles. The lowest BCUT2D eigenvalue weighted by molar-refractivity contribution is -0.0660. The smallest absolute Gasteiger partial charge is 0.0653 e. The second kappa shape index (κ2) is 9.71. The molecule has 6 atom stereocenters.